The van der Waals surface area contributed by atoms with E-state index in [-0.39, 0.29) is 17.9 Å². The molecule has 1 N–H and O–H groups in total. The SMILES string of the molecule is COc1cccc(N(C(=O)/C=C/c2ccc(C)o2)C(C(=O)NC2CCCCC2)c2ccco2)c1. The number of amides is 2. The molecule has 1 atom stereocenters. The second-order valence-corrected chi connectivity index (χ2v) is 8.45. The number of methoxy groups -OCH3 is 1. The standard InChI is InChI=1S/C27H30N2O5/c1-19-13-14-22(34-19)15-16-25(30)29(21-10-6-11-23(18-21)32-2)26(24-12-7-17-33-24)27(31)28-20-8-4-3-5-9-20/h6-7,10-18,20,26H,3-5,8-9H2,1-2H3,(H,28,31)/b16-15+. The highest BCUT2D eigenvalue weighted by molar-refractivity contribution is 6.08. The van der Waals surface area contributed by atoms with E-state index in [0.29, 0.717) is 23.0 Å². The number of carbonyl (C=O) groups excluding carboxylic acids is 2. The molecule has 0 bridgehead atoms. The largest absolute Gasteiger partial charge is 0.497 e. The average Bonchev–Trinajstić information content (AvgIpc) is 3.53. The number of anilines is 1. The zero-order valence-electron chi connectivity index (χ0n) is 19.5. The Morgan fingerprint density at radius 2 is 1.94 bits per heavy atom. The summed E-state index contributed by atoms with van der Waals surface area (Å²) >= 11 is 0. The molecule has 2 amide bonds. The molecular weight excluding hydrogens is 432 g/mol. The maximum absolute atomic E-state index is 13.6. The van der Waals surface area contributed by atoms with Gasteiger partial charge in [0.25, 0.3) is 11.8 Å². The zero-order chi connectivity index (χ0) is 23.9. The maximum atomic E-state index is 13.6. The number of hydrogen-bond acceptors (Lipinski definition) is 5. The fraction of sp³-hybridized carbons (Fsp3) is 0.333. The number of hydrogen-bond donors (Lipinski definition) is 1. The van der Waals surface area contributed by atoms with Crippen molar-refractivity contribution in [1.29, 1.82) is 0 Å². The third-order valence-corrected chi connectivity index (χ3v) is 5.99. The summed E-state index contributed by atoms with van der Waals surface area (Å²) in [6, 6.07) is 13.2. The summed E-state index contributed by atoms with van der Waals surface area (Å²) in [7, 11) is 1.56. The quantitative estimate of drug-likeness (QED) is 0.452. The highest BCUT2D eigenvalue weighted by Crippen LogP contribution is 2.32. The Morgan fingerprint density at radius 3 is 2.62 bits per heavy atom. The minimum absolute atomic E-state index is 0.0857. The molecule has 1 aliphatic rings. The highest BCUT2D eigenvalue weighted by Gasteiger charge is 2.35. The van der Waals surface area contributed by atoms with E-state index in [1.54, 1.807) is 55.7 Å². The van der Waals surface area contributed by atoms with Crippen LogP contribution < -0.4 is 15.0 Å². The molecular formula is C27H30N2O5. The molecule has 1 fully saturated rings. The number of carbonyl (C=O) groups is 2. The lowest BCUT2D eigenvalue weighted by Crippen LogP contribution is -2.46. The summed E-state index contributed by atoms with van der Waals surface area (Å²) in [5, 5.41) is 3.15. The molecule has 1 saturated carbocycles. The van der Waals surface area contributed by atoms with Crippen molar-refractivity contribution in [1.82, 2.24) is 5.32 Å². The molecule has 1 unspecified atom stereocenters. The van der Waals surface area contributed by atoms with Gasteiger partial charge in [0.1, 0.15) is 23.0 Å². The molecule has 34 heavy (non-hydrogen) atoms. The molecule has 1 aliphatic carbocycles. The number of aryl methyl sites for hydroxylation is 1. The Balaban J connectivity index is 1.71. The molecule has 4 rings (SSSR count). The van der Waals surface area contributed by atoms with Gasteiger partial charge in [-0.25, -0.2) is 0 Å². The van der Waals surface area contributed by atoms with E-state index in [4.69, 9.17) is 13.6 Å². The van der Waals surface area contributed by atoms with Crippen molar-refractivity contribution < 1.29 is 23.2 Å². The number of rotatable bonds is 8. The first-order chi connectivity index (χ1) is 16.5. The van der Waals surface area contributed by atoms with Gasteiger partial charge in [0, 0.05) is 23.9 Å². The normalized spacial score (nSPS) is 15.2. The van der Waals surface area contributed by atoms with Gasteiger partial charge in [-0.05, 0) is 62.2 Å². The predicted molar refractivity (Wildman–Crippen MR) is 129 cm³/mol. The van der Waals surface area contributed by atoms with Crippen LogP contribution in [-0.4, -0.2) is 25.0 Å². The lowest BCUT2D eigenvalue weighted by molar-refractivity contribution is -0.126. The minimum atomic E-state index is -0.987. The van der Waals surface area contributed by atoms with E-state index in [1.165, 1.54) is 23.7 Å². The Kier molecular flexibility index (Phi) is 7.52. The van der Waals surface area contributed by atoms with Crippen LogP contribution >= 0.6 is 0 Å². The first-order valence-corrected chi connectivity index (χ1v) is 11.6. The van der Waals surface area contributed by atoms with Crippen molar-refractivity contribution in [3.05, 3.63) is 78.2 Å². The van der Waals surface area contributed by atoms with Gasteiger partial charge in [0.05, 0.1) is 13.4 Å². The van der Waals surface area contributed by atoms with Crippen LogP contribution in [0.5, 0.6) is 5.75 Å². The fourth-order valence-corrected chi connectivity index (χ4v) is 4.29. The van der Waals surface area contributed by atoms with Crippen LogP contribution in [0.4, 0.5) is 5.69 Å². The molecule has 0 aliphatic heterocycles. The van der Waals surface area contributed by atoms with Crippen molar-refractivity contribution in [3.8, 4) is 5.75 Å². The fourth-order valence-electron chi connectivity index (χ4n) is 4.29. The van der Waals surface area contributed by atoms with Crippen molar-refractivity contribution in [2.24, 2.45) is 0 Å². The summed E-state index contributed by atoms with van der Waals surface area (Å²) in [4.78, 5) is 28.7. The number of benzene rings is 1. The molecule has 0 radical (unpaired) electrons. The highest BCUT2D eigenvalue weighted by atomic mass is 16.5. The van der Waals surface area contributed by atoms with Gasteiger partial charge in [-0.2, -0.15) is 0 Å². The molecule has 0 saturated heterocycles. The Bertz CT molecular complexity index is 1130. The summed E-state index contributed by atoms with van der Waals surface area (Å²) < 4.78 is 16.6. The lowest BCUT2D eigenvalue weighted by Gasteiger charge is -2.31. The van der Waals surface area contributed by atoms with Crippen LogP contribution in [-0.2, 0) is 9.59 Å². The third kappa shape index (κ3) is 5.60. The second kappa shape index (κ2) is 10.9. The Hall–Kier alpha value is -3.74. The summed E-state index contributed by atoms with van der Waals surface area (Å²) in [6.45, 7) is 1.84. The molecule has 2 heterocycles. The first kappa shape index (κ1) is 23.4. The molecule has 7 nitrogen and oxygen atoms in total. The minimum Gasteiger partial charge on any atom is -0.497 e. The van der Waals surface area contributed by atoms with Gasteiger partial charge in [-0.1, -0.05) is 25.3 Å². The first-order valence-electron chi connectivity index (χ1n) is 11.6. The number of ether oxygens (including phenoxy) is 1. The van der Waals surface area contributed by atoms with Gasteiger partial charge in [0.15, 0.2) is 6.04 Å². The maximum Gasteiger partial charge on any atom is 0.252 e. The van der Waals surface area contributed by atoms with E-state index in [1.807, 2.05) is 13.0 Å². The molecule has 178 valence electrons. The van der Waals surface area contributed by atoms with E-state index < -0.39 is 6.04 Å². The van der Waals surface area contributed by atoms with E-state index in [9.17, 15) is 9.59 Å². The monoisotopic (exact) mass is 462 g/mol. The third-order valence-electron chi connectivity index (χ3n) is 5.99. The summed E-state index contributed by atoms with van der Waals surface area (Å²) in [6.07, 6.45) is 9.72. The van der Waals surface area contributed by atoms with Gasteiger partial charge in [-0.3, -0.25) is 14.5 Å². The van der Waals surface area contributed by atoms with Crippen LogP contribution in [0.2, 0.25) is 0 Å². The van der Waals surface area contributed by atoms with Gasteiger partial charge in [0.2, 0.25) is 0 Å². The van der Waals surface area contributed by atoms with E-state index >= 15 is 0 Å². The van der Waals surface area contributed by atoms with Crippen molar-refractivity contribution in [2.75, 3.05) is 12.0 Å². The number of nitrogens with one attached hydrogen (secondary N) is 1. The van der Waals surface area contributed by atoms with Crippen LogP contribution in [0.3, 0.4) is 0 Å². The second-order valence-electron chi connectivity index (χ2n) is 8.45. The Morgan fingerprint density at radius 1 is 1.12 bits per heavy atom. The van der Waals surface area contributed by atoms with Crippen LogP contribution in [0.1, 0.15) is 55.4 Å². The summed E-state index contributed by atoms with van der Waals surface area (Å²) in [5.74, 6) is 1.59. The molecule has 3 aromatic rings. The zero-order valence-corrected chi connectivity index (χ0v) is 19.5. The Labute approximate surface area is 199 Å². The smallest absolute Gasteiger partial charge is 0.252 e. The average molecular weight is 463 g/mol. The van der Waals surface area contributed by atoms with Crippen molar-refractivity contribution in [2.45, 2.75) is 51.1 Å². The topological polar surface area (TPSA) is 84.9 Å². The van der Waals surface area contributed by atoms with E-state index in [2.05, 4.69) is 5.32 Å². The van der Waals surface area contributed by atoms with E-state index in [0.717, 1.165) is 31.4 Å². The van der Waals surface area contributed by atoms with Crippen LogP contribution in [0, 0.1) is 6.92 Å². The van der Waals surface area contributed by atoms with Crippen molar-refractivity contribution in [3.63, 3.8) is 0 Å². The van der Waals surface area contributed by atoms with Crippen molar-refractivity contribution >= 4 is 23.6 Å². The number of furan rings is 2. The van der Waals surface area contributed by atoms with Gasteiger partial charge < -0.3 is 18.9 Å². The molecule has 7 heteroatoms. The molecule has 1 aromatic carbocycles. The predicted octanol–water partition coefficient (Wildman–Crippen LogP) is 5.43. The summed E-state index contributed by atoms with van der Waals surface area (Å²) in [5.41, 5.74) is 0.518. The van der Waals surface area contributed by atoms with Gasteiger partial charge in [-0.15, -0.1) is 0 Å². The number of nitrogens with zero attached hydrogens (tertiary/aromatic N) is 1. The van der Waals surface area contributed by atoms with Crippen LogP contribution in [0.15, 0.2) is 69.7 Å². The lowest BCUT2D eigenvalue weighted by atomic mass is 9.95. The molecule has 0 spiro atoms. The molecule has 2 aromatic heterocycles. The van der Waals surface area contributed by atoms with Gasteiger partial charge >= 0.3 is 0 Å². The van der Waals surface area contributed by atoms with Crippen LogP contribution in [0.25, 0.3) is 6.08 Å².